The molecule has 0 fully saturated rings. The molecule has 0 aliphatic carbocycles. The summed E-state index contributed by atoms with van der Waals surface area (Å²) in [6, 6.07) is 11.5. The van der Waals surface area contributed by atoms with Crippen LogP contribution >= 0.6 is 0 Å². The van der Waals surface area contributed by atoms with E-state index < -0.39 is 11.9 Å². The van der Waals surface area contributed by atoms with Crippen LogP contribution in [0.2, 0.25) is 0 Å². The monoisotopic (exact) mass is 229 g/mol. The summed E-state index contributed by atoms with van der Waals surface area (Å²) in [6.07, 6.45) is 2.10. The molecule has 0 aliphatic rings. The Morgan fingerprint density at radius 3 is 2.53 bits per heavy atom. The fourth-order valence-corrected chi connectivity index (χ4v) is 1.48. The van der Waals surface area contributed by atoms with Crippen LogP contribution in [-0.4, -0.2) is 12.2 Å². The van der Waals surface area contributed by atoms with Crippen LogP contribution in [-0.2, 0) is 4.79 Å². The lowest BCUT2D eigenvalue weighted by molar-refractivity contribution is -0.109. The molecule has 0 bridgehead atoms. The van der Waals surface area contributed by atoms with Gasteiger partial charge in [-0.2, -0.15) is 0 Å². The van der Waals surface area contributed by atoms with Crippen molar-refractivity contribution in [2.75, 3.05) is 0 Å². The Balaban J connectivity index is 2.11. The molecular formula is C13H11NO3. The number of carbonyl (C=O) groups excluding carboxylic acids is 2. The Morgan fingerprint density at radius 2 is 1.94 bits per heavy atom. The number of rotatable bonds is 4. The molecule has 4 nitrogen and oxygen atoms in total. The summed E-state index contributed by atoms with van der Waals surface area (Å²) >= 11 is 0. The Kier molecular flexibility index (Phi) is 3.35. The molecule has 2 rings (SSSR count). The van der Waals surface area contributed by atoms with E-state index >= 15 is 0 Å². The average molecular weight is 229 g/mol. The van der Waals surface area contributed by atoms with Crippen molar-refractivity contribution >= 4 is 12.2 Å². The predicted octanol–water partition coefficient (Wildman–Crippen LogP) is 1.95. The normalized spacial score (nSPS) is 11.8. The van der Waals surface area contributed by atoms with Gasteiger partial charge in [-0.25, -0.2) is 0 Å². The van der Waals surface area contributed by atoms with Crippen LogP contribution in [0.4, 0.5) is 0 Å². The summed E-state index contributed by atoms with van der Waals surface area (Å²) in [5, 5.41) is 2.58. The van der Waals surface area contributed by atoms with Gasteiger partial charge < -0.3 is 14.5 Å². The molecule has 0 spiro atoms. The van der Waals surface area contributed by atoms with Crippen molar-refractivity contribution in [2.24, 2.45) is 0 Å². The van der Waals surface area contributed by atoms with E-state index in [4.69, 9.17) is 4.42 Å². The second-order valence-corrected chi connectivity index (χ2v) is 3.48. The molecule has 4 heteroatoms. The Labute approximate surface area is 98.3 Å². The molecule has 86 valence electrons. The van der Waals surface area contributed by atoms with Crippen molar-refractivity contribution in [1.82, 2.24) is 5.32 Å². The lowest BCUT2D eigenvalue weighted by Crippen LogP contribution is -2.29. The Morgan fingerprint density at radius 1 is 1.18 bits per heavy atom. The van der Waals surface area contributed by atoms with Crippen molar-refractivity contribution in [3.05, 3.63) is 60.1 Å². The van der Waals surface area contributed by atoms with Crippen molar-refractivity contribution in [2.45, 2.75) is 6.04 Å². The minimum atomic E-state index is -0.659. The smallest absolute Gasteiger partial charge is 0.287 e. The zero-order valence-electron chi connectivity index (χ0n) is 9.00. The molecule has 0 radical (unpaired) electrons. The third-order valence-electron chi connectivity index (χ3n) is 2.33. The number of benzene rings is 1. The standard InChI is InChI=1S/C13H11NO3/c15-9-11(10-5-2-1-3-6-10)14-13(16)12-7-4-8-17-12/h1-9,11H,(H,14,16). The van der Waals surface area contributed by atoms with Gasteiger partial charge >= 0.3 is 0 Å². The van der Waals surface area contributed by atoms with Crippen molar-refractivity contribution in [3.63, 3.8) is 0 Å². The highest BCUT2D eigenvalue weighted by Crippen LogP contribution is 2.11. The SMILES string of the molecule is O=CC(NC(=O)c1ccco1)c1ccccc1. The molecule has 1 atom stereocenters. The number of amides is 1. The molecule has 0 saturated heterocycles. The summed E-state index contributed by atoms with van der Waals surface area (Å²) in [4.78, 5) is 22.6. The molecule has 1 heterocycles. The van der Waals surface area contributed by atoms with Crippen LogP contribution < -0.4 is 5.32 Å². The molecule has 1 unspecified atom stereocenters. The first kappa shape index (κ1) is 11.1. The van der Waals surface area contributed by atoms with Gasteiger partial charge in [0.05, 0.1) is 6.26 Å². The topological polar surface area (TPSA) is 59.3 Å². The van der Waals surface area contributed by atoms with Gasteiger partial charge in [-0.15, -0.1) is 0 Å². The zero-order valence-corrected chi connectivity index (χ0v) is 9.00. The Bertz CT molecular complexity index is 491. The van der Waals surface area contributed by atoms with Crippen LogP contribution in [0.1, 0.15) is 22.2 Å². The van der Waals surface area contributed by atoms with E-state index in [0.717, 1.165) is 5.56 Å². The third kappa shape index (κ3) is 2.60. The molecule has 17 heavy (non-hydrogen) atoms. The number of hydrogen-bond donors (Lipinski definition) is 1. The molecule has 1 N–H and O–H groups in total. The summed E-state index contributed by atoms with van der Waals surface area (Å²) in [5.74, 6) is -0.219. The maximum absolute atomic E-state index is 11.7. The second-order valence-electron chi connectivity index (χ2n) is 3.48. The number of hydrogen-bond acceptors (Lipinski definition) is 3. The van der Waals surface area contributed by atoms with Crippen LogP contribution in [0, 0.1) is 0 Å². The van der Waals surface area contributed by atoms with E-state index in [1.165, 1.54) is 6.26 Å². The van der Waals surface area contributed by atoms with E-state index in [2.05, 4.69) is 5.32 Å². The Hall–Kier alpha value is -2.36. The summed E-state index contributed by atoms with van der Waals surface area (Å²) in [6.45, 7) is 0. The summed E-state index contributed by atoms with van der Waals surface area (Å²) in [7, 11) is 0. The molecule has 2 aromatic rings. The highest BCUT2D eigenvalue weighted by Gasteiger charge is 2.15. The first-order chi connectivity index (χ1) is 8.31. The van der Waals surface area contributed by atoms with E-state index in [0.29, 0.717) is 6.29 Å². The lowest BCUT2D eigenvalue weighted by atomic mass is 10.1. The highest BCUT2D eigenvalue weighted by molar-refractivity contribution is 5.93. The third-order valence-corrected chi connectivity index (χ3v) is 2.33. The number of aldehydes is 1. The largest absolute Gasteiger partial charge is 0.459 e. The molecule has 1 aromatic heterocycles. The van der Waals surface area contributed by atoms with Crippen LogP contribution in [0.25, 0.3) is 0 Å². The number of furan rings is 1. The fraction of sp³-hybridized carbons (Fsp3) is 0.0769. The van der Waals surface area contributed by atoms with Gasteiger partial charge in [0.2, 0.25) is 0 Å². The first-order valence-corrected chi connectivity index (χ1v) is 5.16. The second kappa shape index (κ2) is 5.12. The van der Waals surface area contributed by atoms with Gasteiger partial charge in [-0.3, -0.25) is 4.79 Å². The van der Waals surface area contributed by atoms with Crippen LogP contribution in [0.15, 0.2) is 53.1 Å². The molecule has 1 aromatic carbocycles. The zero-order chi connectivity index (χ0) is 12.1. The van der Waals surface area contributed by atoms with Crippen LogP contribution in [0.5, 0.6) is 0 Å². The van der Waals surface area contributed by atoms with Crippen molar-refractivity contribution in [1.29, 1.82) is 0 Å². The van der Waals surface area contributed by atoms with E-state index in [-0.39, 0.29) is 5.76 Å². The van der Waals surface area contributed by atoms with Gasteiger partial charge in [-0.1, -0.05) is 30.3 Å². The minimum absolute atomic E-state index is 0.188. The quantitative estimate of drug-likeness (QED) is 0.815. The maximum atomic E-state index is 11.7. The minimum Gasteiger partial charge on any atom is -0.459 e. The number of carbonyl (C=O) groups is 2. The lowest BCUT2D eigenvalue weighted by Gasteiger charge is -2.11. The summed E-state index contributed by atoms with van der Waals surface area (Å²) < 4.78 is 4.95. The maximum Gasteiger partial charge on any atom is 0.287 e. The van der Waals surface area contributed by atoms with Gasteiger partial charge in [0.25, 0.3) is 5.91 Å². The van der Waals surface area contributed by atoms with Crippen LogP contribution in [0.3, 0.4) is 0 Å². The van der Waals surface area contributed by atoms with E-state index in [1.807, 2.05) is 18.2 Å². The van der Waals surface area contributed by atoms with Gasteiger partial charge in [0.1, 0.15) is 12.3 Å². The van der Waals surface area contributed by atoms with E-state index in [1.54, 1.807) is 24.3 Å². The average Bonchev–Trinajstić information content (AvgIpc) is 2.90. The molecular weight excluding hydrogens is 218 g/mol. The predicted molar refractivity (Wildman–Crippen MR) is 61.4 cm³/mol. The molecule has 0 aliphatic heterocycles. The highest BCUT2D eigenvalue weighted by atomic mass is 16.3. The van der Waals surface area contributed by atoms with Gasteiger partial charge in [0.15, 0.2) is 5.76 Å². The fourth-order valence-electron chi connectivity index (χ4n) is 1.48. The van der Waals surface area contributed by atoms with Gasteiger partial charge in [0, 0.05) is 0 Å². The van der Waals surface area contributed by atoms with E-state index in [9.17, 15) is 9.59 Å². The molecule has 0 saturated carbocycles. The van der Waals surface area contributed by atoms with Crippen molar-refractivity contribution in [3.8, 4) is 0 Å². The van der Waals surface area contributed by atoms with Gasteiger partial charge in [-0.05, 0) is 17.7 Å². The summed E-state index contributed by atoms with van der Waals surface area (Å²) in [5.41, 5.74) is 0.738. The van der Waals surface area contributed by atoms with Crippen molar-refractivity contribution < 1.29 is 14.0 Å². The molecule has 1 amide bonds. The number of nitrogens with one attached hydrogen (secondary N) is 1. The first-order valence-electron chi connectivity index (χ1n) is 5.16.